The Morgan fingerprint density at radius 1 is 1.05 bits per heavy atom. The smallest absolute Gasteiger partial charge is 0.136 e. The van der Waals surface area contributed by atoms with Gasteiger partial charge < -0.3 is 10.6 Å². The molecule has 1 aliphatic heterocycles. The molecule has 4 heteroatoms. The van der Waals surface area contributed by atoms with Gasteiger partial charge in [0.05, 0.1) is 17.8 Å². The first-order valence-electron chi connectivity index (χ1n) is 6.24. The second-order valence-corrected chi connectivity index (χ2v) is 4.31. The van der Waals surface area contributed by atoms with Gasteiger partial charge in [0.25, 0.3) is 0 Å². The van der Waals surface area contributed by atoms with Gasteiger partial charge in [0, 0.05) is 12.2 Å². The standard InChI is InChI=1S/C15H14FN3/c16-12-7-4-8-13(14(12)15-17-9-10-18-15)19-11-5-2-1-3-6-11/h1-8,19H,9-10H2,(H,17,18). The van der Waals surface area contributed by atoms with Gasteiger partial charge in [0.1, 0.15) is 11.7 Å². The molecular formula is C15H14FN3. The Balaban J connectivity index is 1.99. The first kappa shape index (κ1) is 11.7. The molecule has 3 rings (SSSR count). The van der Waals surface area contributed by atoms with Gasteiger partial charge in [-0.15, -0.1) is 0 Å². The van der Waals surface area contributed by atoms with E-state index in [9.17, 15) is 4.39 Å². The van der Waals surface area contributed by atoms with Crippen molar-refractivity contribution in [2.24, 2.45) is 4.99 Å². The van der Waals surface area contributed by atoms with E-state index in [1.807, 2.05) is 36.4 Å². The average Bonchev–Trinajstić information content (AvgIpc) is 2.94. The zero-order valence-corrected chi connectivity index (χ0v) is 10.4. The fourth-order valence-electron chi connectivity index (χ4n) is 2.11. The zero-order valence-electron chi connectivity index (χ0n) is 10.4. The maximum atomic E-state index is 14.0. The maximum Gasteiger partial charge on any atom is 0.136 e. The van der Waals surface area contributed by atoms with E-state index < -0.39 is 0 Å². The Bertz CT molecular complexity index is 608. The van der Waals surface area contributed by atoms with Crippen molar-refractivity contribution in [3.63, 3.8) is 0 Å². The molecule has 0 aliphatic carbocycles. The van der Waals surface area contributed by atoms with Crippen LogP contribution in [0.15, 0.2) is 53.5 Å². The molecule has 0 spiro atoms. The number of anilines is 2. The van der Waals surface area contributed by atoms with Crippen LogP contribution in [0, 0.1) is 5.82 Å². The van der Waals surface area contributed by atoms with Crippen molar-refractivity contribution in [1.29, 1.82) is 0 Å². The normalized spacial score (nSPS) is 13.8. The molecule has 2 aromatic rings. The van der Waals surface area contributed by atoms with Gasteiger partial charge in [-0.2, -0.15) is 0 Å². The molecule has 0 radical (unpaired) electrons. The SMILES string of the molecule is Fc1cccc(Nc2ccccc2)c1C1=NCCN1. The highest BCUT2D eigenvalue weighted by molar-refractivity contribution is 6.05. The minimum atomic E-state index is -0.269. The van der Waals surface area contributed by atoms with Crippen molar-refractivity contribution in [3.05, 3.63) is 59.9 Å². The van der Waals surface area contributed by atoms with E-state index in [-0.39, 0.29) is 5.82 Å². The third-order valence-electron chi connectivity index (χ3n) is 2.98. The minimum Gasteiger partial charge on any atom is -0.368 e. The molecule has 0 unspecified atom stereocenters. The Hall–Kier alpha value is -2.36. The van der Waals surface area contributed by atoms with Crippen LogP contribution in [0.25, 0.3) is 0 Å². The number of halogens is 1. The lowest BCUT2D eigenvalue weighted by atomic mass is 10.1. The number of hydrogen-bond donors (Lipinski definition) is 2. The molecule has 2 aromatic carbocycles. The van der Waals surface area contributed by atoms with E-state index in [4.69, 9.17) is 0 Å². The van der Waals surface area contributed by atoms with Gasteiger partial charge in [-0.1, -0.05) is 24.3 Å². The number of rotatable bonds is 3. The predicted octanol–water partition coefficient (Wildman–Crippen LogP) is 2.92. The molecule has 0 bridgehead atoms. The minimum absolute atomic E-state index is 0.269. The number of hydrogen-bond acceptors (Lipinski definition) is 3. The number of benzene rings is 2. The first-order valence-corrected chi connectivity index (χ1v) is 6.24. The molecule has 0 saturated heterocycles. The monoisotopic (exact) mass is 255 g/mol. The molecular weight excluding hydrogens is 241 g/mol. The highest BCUT2D eigenvalue weighted by Crippen LogP contribution is 2.24. The molecule has 0 atom stereocenters. The van der Waals surface area contributed by atoms with Crippen molar-refractivity contribution in [2.45, 2.75) is 0 Å². The third-order valence-corrected chi connectivity index (χ3v) is 2.98. The summed E-state index contributed by atoms with van der Waals surface area (Å²) < 4.78 is 14.0. The summed E-state index contributed by atoms with van der Waals surface area (Å²) in [5.74, 6) is 0.352. The van der Waals surface area contributed by atoms with Gasteiger partial charge in [-0.3, -0.25) is 4.99 Å². The number of aliphatic imine (C=N–C) groups is 1. The summed E-state index contributed by atoms with van der Waals surface area (Å²) in [6.45, 7) is 1.45. The van der Waals surface area contributed by atoms with E-state index in [1.165, 1.54) is 6.07 Å². The summed E-state index contributed by atoms with van der Waals surface area (Å²) in [6.07, 6.45) is 0. The third kappa shape index (κ3) is 2.42. The van der Waals surface area contributed by atoms with Crippen molar-refractivity contribution < 1.29 is 4.39 Å². The lowest BCUT2D eigenvalue weighted by Gasteiger charge is -2.13. The Labute approximate surface area is 111 Å². The van der Waals surface area contributed by atoms with E-state index in [0.29, 0.717) is 17.9 Å². The molecule has 0 fully saturated rings. The Morgan fingerprint density at radius 2 is 1.89 bits per heavy atom. The van der Waals surface area contributed by atoms with E-state index in [2.05, 4.69) is 15.6 Å². The molecule has 96 valence electrons. The summed E-state index contributed by atoms with van der Waals surface area (Å²) in [7, 11) is 0. The van der Waals surface area contributed by atoms with Crippen LogP contribution in [0.4, 0.5) is 15.8 Å². The molecule has 1 heterocycles. The number of para-hydroxylation sites is 1. The highest BCUT2D eigenvalue weighted by atomic mass is 19.1. The van der Waals surface area contributed by atoms with Crippen LogP contribution < -0.4 is 10.6 Å². The van der Waals surface area contributed by atoms with Crippen LogP contribution in [0.3, 0.4) is 0 Å². The fraction of sp³-hybridized carbons (Fsp3) is 0.133. The topological polar surface area (TPSA) is 36.4 Å². The molecule has 0 aromatic heterocycles. The molecule has 1 aliphatic rings. The summed E-state index contributed by atoms with van der Waals surface area (Å²) in [5, 5.41) is 6.34. The molecule has 19 heavy (non-hydrogen) atoms. The largest absolute Gasteiger partial charge is 0.368 e. The lowest BCUT2D eigenvalue weighted by molar-refractivity contribution is 0.625. The van der Waals surface area contributed by atoms with Crippen LogP contribution >= 0.6 is 0 Å². The summed E-state index contributed by atoms with van der Waals surface area (Å²) in [4.78, 5) is 4.29. The molecule has 2 N–H and O–H groups in total. The van der Waals surface area contributed by atoms with E-state index in [1.54, 1.807) is 6.07 Å². The number of amidine groups is 1. The maximum absolute atomic E-state index is 14.0. The highest BCUT2D eigenvalue weighted by Gasteiger charge is 2.17. The van der Waals surface area contributed by atoms with Gasteiger partial charge in [-0.25, -0.2) is 4.39 Å². The van der Waals surface area contributed by atoms with Crippen LogP contribution in [0.5, 0.6) is 0 Å². The van der Waals surface area contributed by atoms with Crippen LogP contribution in [-0.2, 0) is 0 Å². The zero-order chi connectivity index (χ0) is 13.1. The summed E-state index contributed by atoms with van der Waals surface area (Å²) >= 11 is 0. The van der Waals surface area contributed by atoms with Gasteiger partial charge in [0.15, 0.2) is 0 Å². The van der Waals surface area contributed by atoms with Crippen LogP contribution in [-0.4, -0.2) is 18.9 Å². The van der Waals surface area contributed by atoms with Crippen molar-refractivity contribution in [1.82, 2.24) is 5.32 Å². The second-order valence-electron chi connectivity index (χ2n) is 4.31. The Kier molecular flexibility index (Phi) is 3.14. The van der Waals surface area contributed by atoms with Crippen molar-refractivity contribution in [2.75, 3.05) is 18.4 Å². The van der Waals surface area contributed by atoms with Gasteiger partial charge in [-0.05, 0) is 24.3 Å². The van der Waals surface area contributed by atoms with Gasteiger partial charge >= 0.3 is 0 Å². The number of nitrogens with zero attached hydrogens (tertiary/aromatic N) is 1. The van der Waals surface area contributed by atoms with Crippen molar-refractivity contribution in [3.8, 4) is 0 Å². The lowest BCUT2D eigenvalue weighted by Crippen LogP contribution is -2.21. The molecule has 3 nitrogen and oxygen atoms in total. The molecule has 0 saturated carbocycles. The quantitative estimate of drug-likeness (QED) is 0.884. The van der Waals surface area contributed by atoms with E-state index in [0.717, 1.165) is 17.9 Å². The summed E-state index contributed by atoms with van der Waals surface area (Å²) in [5.41, 5.74) is 2.15. The predicted molar refractivity (Wildman–Crippen MR) is 75.5 cm³/mol. The molecule has 0 amide bonds. The van der Waals surface area contributed by atoms with Gasteiger partial charge in [0.2, 0.25) is 0 Å². The number of nitrogens with one attached hydrogen (secondary N) is 2. The second kappa shape index (κ2) is 5.10. The van der Waals surface area contributed by atoms with Crippen molar-refractivity contribution >= 4 is 17.2 Å². The Morgan fingerprint density at radius 3 is 2.63 bits per heavy atom. The average molecular weight is 255 g/mol. The summed E-state index contributed by atoms with van der Waals surface area (Å²) in [6, 6.07) is 14.7. The first-order chi connectivity index (χ1) is 9.34. The van der Waals surface area contributed by atoms with E-state index >= 15 is 0 Å². The fourth-order valence-corrected chi connectivity index (χ4v) is 2.11. The van der Waals surface area contributed by atoms with Crippen LogP contribution in [0.2, 0.25) is 0 Å². The van der Waals surface area contributed by atoms with Crippen LogP contribution in [0.1, 0.15) is 5.56 Å².